The minimum absolute atomic E-state index is 0.216. The molecule has 0 bridgehead atoms. The third-order valence-electron chi connectivity index (χ3n) is 2.48. The molecule has 94 valence electrons. The lowest BCUT2D eigenvalue weighted by atomic mass is 10.1. The number of benzene rings is 2. The molecule has 4 heteroatoms. The average Bonchev–Trinajstić information content (AvgIpc) is 2.42. The molecule has 0 unspecified atom stereocenters. The summed E-state index contributed by atoms with van der Waals surface area (Å²) in [5.74, 6) is 0.119. The van der Waals surface area contributed by atoms with Crippen molar-refractivity contribution in [2.24, 2.45) is 0 Å². The van der Waals surface area contributed by atoms with Crippen molar-refractivity contribution in [3.05, 3.63) is 64.1 Å². The summed E-state index contributed by atoms with van der Waals surface area (Å²) < 4.78 is 6.16. The van der Waals surface area contributed by atoms with Gasteiger partial charge >= 0.3 is 5.97 Å². The van der Waals surface area contributed by atoms with Crippen molar-refractivity contribution in [2.45, 2.75) is 6.42 Å². The Morgan fingerprint density at radius 1 is 1.11 bits per heavy atom. The maximum absolute atomic E-state index is 11.7. The number of hydrogen-bond acceptors (Lipinski definition) is 3. The summed E-state index contributed by atoms with van der Waals surface area (Å²) in [6.45, 7) is 0. The van der Waals surface area contributed by atoms with Crippen LogP contribution in [0.4, 0.5) is 0 Å². The summed E-state index contributed by atoms with van der Waals surface area (Å²) in [5.41, 5.74) is 1.43. The highest BCUT2D eigenvalue weighted by molar-refractivity contribution is 9.10. The standard InChI is InChI=1S/C15H10BrNO2/c16-13-5-1-11(2-6-13)9-15(18)19-14-7-3-12(10-17)4-8-14/h1-8H,9H2. The van der Waals surface area contributed by atoms with Gasteiger partial charge in [0.2, 0.25) is 0 Å². The summed E-state index contributed by atoms with van der Waals surface area (Å²) in [5, 5.41) is 8.67. The maximum Gasteiger partial charge on any atom is 0.315 e. The molecule has 0 heterocycles. The number of carbonyl (C=O) groups excluding carboxylic acids is 1. The van der Waals surface area contributed by atoms with Gasteiger partial charge in [0, 0.05) is 4.47 Å². The van der Waals surface area contributed by atoms with Gasteiger partial charge in [-0.2, -0.15) is 5.26 Å². The Balaban J connectivity index is 1.97. The van der Waals surface area contributed by atoms with E-state index in [0.717, 1.165) is 10.0 Å². The summed E-state index contributed by atoms with van der Waals surface area (Å²) in [6.07, 6.45) is 0.216. The molecule has 19 heavy (non-hydrogen) atoms. The topological polar surface area (TPSA) is 50.1 Å². The van der Waals surface area contributed by atoms with Gasteiger partial charge in [-0.25, -0.2) is 0 Å². The number of nitriles is 1. The number of halogens is 1. The molecule has 0 aliphatic rings. The summed E-state index contributed by atoms with van der Waals surface area (Å²) in [7, 11) is 0. The first-order valence-electron chi connectivity index (χ1n) is 5.62. The zero-order chi connectivity index (χ0) is 13.7. The lowest BCUT2D eigenvalue weighted by molar-refractivity contribution is -0.133. The van der Waals surface area contributed by atoms with Crippen molar-refractivity contribution in [1.82, 2.24) is 0 Å². The van der Waals surface area contributed by atoms with Crippen LogP contribution in [0.3, 0.4) is 0 Å². The monoisotopic (exact) mass is 315 g/mol. The van der Waals surface area contributed by atoms with Crippen LogP contribution < -0.4 is 4.74 Å². The Morgan fingerprint density at radius 2 is 1.74 bits per heavy atom. The van der Waals surface area contributed by atoms with Gasteiger partial charge in [-0.3, -0.25) is 4.79 Å². The minimum Gasteiger partial charge on any atom is -0.426 e. The van der Waals surface area contributed by atoms with Crippen LogP contribution in [0, 0.1) is 11.3 Å². The van der Waals surface area contributed by atoms with E-state index in [1.807, 2.05) is 30.3 Å². The molecule has 0 saturated carbocycles. The van der Waals surface area contributed by atoms with Crippen molar-refractivity contribution >= 4 is 21.9 Å². The minimum atomic E-state index is -0.327. The second kappa shape index (κ2) is 6.17. The molecule has 0 amide bonds. The van der Waals surface area contributed by atoms with Crippen LogP contribution in [0.1, 0.15) is 11.1 Å². The van der Waals surface area contributed by atoms with Crippen molar-refractivity contribution in [3.8, 4) is 11.8 Å². The highest BCUT2D eigenvalue weighted by Gasteiger charge is 2.06. The van der Waals surface area contributed by atoms with Crippen LogP contribution in [0.25, 0.3) is 0 Å². The smallest absolute Gasteiger partial charge is 0.315 e. The Labute approximate surface area is 119 Å². The number of nitrogens with zero attached hydrogens (tertiary/aromatic N) is 1. The van der Waals surface area contributed by atoms with Gasteiger partial charge in [0.15, 0.2) is 0 Å². The largest absolute Gasteiger partial charge is 0.426 e. The van der Waals surface area contributed by atoms with Gasteiger partial charge in [-0.1, -0.05) is 28.1 Å². The molecule has 0 aliphatic carbocycles. The molecule has 0 spiro atoms. The lowest BCUT2D eigenvalue weighted by Crippen LogP contribution is -2.11. The van der Waals surface area contributed by atoms with E-state index in [-0.39, 0.29) is 12.4 Å². The zero-order valence-corrected chi connectivity index (χ0v) is 11.6. The van der Waals surface area contributed by atoms with Gasteiger partial charge in [0.25, 0.3) is 0 Å². The highest BCUT2D eigenvalue weighted by atomic mass is 79.9. The maximum atomic E-state index is 11.7. The predicted molar refractivity (Wildman–Crippen MR) is 74.6 cm³/mol. The van der Waals surface area contributed by atoms with Crippen molar-refractivity contribution in [3.63, 3.8) is 0 Å². The number of ether oxygens (including phenoxy) is 1. The van der Waals surface area contributed by atoms with E-state index < -0.39 is 0 Å². The molecule has 2 rings (SSSR count). The molecule has 3 nitrogen and oxygen atoms in total. The second-order valence-electron chi connectivity index (χ2n) is 3.91. The first kappa shape index (κ1) is 13.3. The van der Waals surface area contributed by atoms with Crippen molar-refractivity contribution < 1.29 is 9.53 Å². The molecule has 0 atom stereocenters. The Morgan fingerprint density at radius 3 is 2.32 bits per heavy atom. The molecule has 0 N–H and O–H groups in total. The third kappa shape index (κ3) is 3.94. The van der Waals surface area contributed by atoms with Crippen LogP contribution in [0.5, 0.6) is 5.75 Å². The Hall–Kier alpha value is -2.12. The zero-order valence-electron chi connectivity index (χ0n) is 9.97. The van der Waals surface area contributed by atoms with Crippen LogP contribution in [0.2, 0.25) is 0 Å². The third-order valence-corrected chi connectivity index (χ3v) is 3.01. The summed E-state index contributed by atoms with van der Waals surface area (Å²) >= 11 is 3.34. The lowest BCUT2D eigenvalue weighted by Gasteiger charge is -2.04. The predicted octanol–water partition coefficient (Wildman–Crippen LogP) is 3.47. The van der Waals surface area contributed by atoms with Gasteiger partial charge in [-0.15, -0.1) is 0 Å². The average molecular weight is 316 g/mol. The summed E-state index contributed by atoms with van der Waals surface area (Å²) in [4.78, 5) is 11.7. The molecule has 0 radical (unpaired) electrons. The fourth-order valence-electron chi connectivity index (χ4n) is 1.53. The molecule has 2 aromatic carbocycles. The van der Waals surface area contributed by atoms with Crippen LogP contribution in [-0.2, 0) is 11.2 Å². The van der Waals surface area contributed by atoms with Gasteiger partial charge in [0.05, 0.1) is 18.1 Å². The first-order chi connectivity index (χ1) is 9.17. The Kier molecular flexibility index (Phi) is 4.32. The van der Waals surface area contributed by atoms with Gasteiger partial charge in [-0.05, 0) is 42.0 Å². The molecule has 0 aliphatic heterocycles. The molecular weight excluding hydrogens is 306 g/mol. The molecule has 0 saturated heterocycles. The number of hydrogen-bond donors (Lipinski definition) is 0. The number of rotatable bonds is 3. The fourth-order valence-corrected chi connectivity index (χ4v) is 1.80. The van der Waals surface area contributed by atoms with E-state index in [1.54, 1.807) is 24.3 Å². The van der Waals surface area contributed by atoms with Gasteiger partial charge in [0.1, 0.15) is 5.75 Å². The van der Waals surface area contributed by atoms with E-state index in [4.69, 9.17) is 10.00 Å². The van der Waals surface area contributed by atoms with E-state index in [1.165, 1.54) is 0 Å². The van der Waals surface area contributed by atoms with Crippen molar-refractivity contribution in [2.75, 3.05) is 0 Å². The molecule has 0 fully saturated rings. The van der Waals surface area contributed by atoms with Crippen LogP contribution in [-0.4, -0.2) is 5.97 Å². The summed E-state index contributed by atoms with van der Waals surface area (Å²) in [6, 6.07) is 15.9. The molecule has 0 aromatic heterocycles. The SMILES string of the molecule is N#Cc1ccc(OC(=O)Cc2ccc(Br)cc2)cc1. The Bertz CT molecular complexity index is 612. The molecular formula is C15H10BrNO2. The van der Waals surface area contributed by atoms with Crippen molar-refractivity contribution in [1.29, 1.82) is 5.26 Å². The van der Waals surface area contributed by atoms with E-state index >= 15 is 0 Å². The second-order valence-corrected chi connectivity index (χ2v) is 4.83. The molecule has 2 aromatic rings. The normalized spacial score (nSPS) is 9.68. The van der Waals surface area contributed by atoms with E-state index in [0.29, 0.717) is 11.3 Å². The van der Waals surface area contributed by atoms with Gasteiger partial charge < -0.3 is 4.74 Å². The highest BCUT2D eigenvalue weighted by Crippen LogP contribution is 2.14. The van der Waals surface area contributed by atoms with E-state index in [9.17, 15) is 4.79 Å². The first-order valence-corrected chi connectivity index (χ1v) is 6.42. The number of carbonyl (C=O) groups is 1. The van der Waals surface area contributed by atoms with Crippen LogP contribution >= 0.6 is 15.9 Å². The number of esters is 1. The quantitative estimate of drug-likeness (QED) is 0.643. The fraction of sp³-hybridized carbons (Fsp3) is 0.0667. The van der Waals surface area contributed by atoms with E-state index in [2.05, 4.69) is 15.9 Å². The van der Waals surface area contributed by atoms with Crippen LogP contribution in [0.15, 0.2) is 53.0 Å².